The number of halogens is 1. The van der Waals surface area contributed by atoms with Gasteiger partial charge in [-0.1, -0.05) is 70.5 Å². The Kier molecular flexibility index (Phi) is 4.33. The summed E-state index contributed by atoms with van der Waals surface area (Å²) in [6, 6.07) is 27.0. The van der Waals surface area contributed by atoms with E-state index in [1.165, 1.54) is 27.8 Å². The topological polar surface area (TPSA) is 18.5 Å². The first-order valence-corrected chi connectivity index (χ1v) is 9.26. The van der Waals surface area contributed by atoms with Gasteiger partial charge in [-0.15, -0.1) is 0 Å². The Hall–Kier alpha value is -2.52. The molecule has 0 aliphatic heterocycles. The van der Waals surface area contributed by atoms with Gasteiger partial charge in [-0.3, -0.25) is 0 Å². The lowest BCUT2D eigenvalue weighted by atomic mass is 10.0. The van der Waals surface area contributed by atoms with Crippen LogP contribution in [0.15, 0.2) is 78.9 Å². The third-order valence-corrected chi connectivity index (χ3v) is 6.06. The van der Waals surface area contributed by atoms with Crippen LogP contribution in [0, 0.1) is 0 Å². The molecule has 2 nitrogen and oxygen atoms in total. The van der Waals surface area contributed by atoms with E-state index in [9.17, 15) is 0 Å². The quantitative estimate of drug-likeness (QED) is 0.489. The molecule has 0 fully saturated rings. The molecule has 0 atom stereocenters. The number of benzene rings is 3. The van der Waals surface area contributed by atoms with Crippen LogP contribution in [0.25, 0.3) is 11.1 Å². The average Bonchev–Trinajstić information content (AvgIpc) is 3.35. The lowest BCUT2D eigenvalue weighted by molar-refractivity contribution is 0.414. The molecule has 0 aromatic heterocycles. The molecule has 0 saturated carbocycles. The van der Waals surface area contributed by atoms with Crippen LogP contribution in [0.1, 0.15) is 16.7 Å². The first kappa shape index (κ1) is 16.9. The number of methoxy groups -OCH3 is 2. The second-order valence-electron chi connectivity index (χ2n) is 6.23. The molecule has 0 N–H and O–H groups in total. The van der Waals surface area contributed by atoms with Crippen molar-refractivity contribution in [1.82, 2.24) is 0 Å². The van der Waals surface area contributed by atoms with Gasteiger partial charge < -0.3 is 9.47 Å². The number of allylic oxidation sites excluding steroid dienone is 2. The Morgan fingerprint density at radius 1 is 0.615 bits per heavy atom. The summed E-state index contributed by atoms with van der Waals surface area (Å²) >= 11 is 4.04. The highest BCUT2D eigenvalue weighted by atomic mass is 79.9. The molecule has 0 spiro atoms. The predicted octanol–water partition coefficient (Wildman–Crippen LogP) is 5.92. The highest BCUT2D eigenvalue weighted by Gasteiger charge is 2.53. The van der Waals surface area contributed by atoms with Gasteiger partial charge in [-0.05, 0) is 52.1 Å². The minimum atomic E-state index is -0.266. The first-order valence-electron chi connectivity index (χ1n) is 8.47. The molecule has 1 aliphatic carbocycles. The van der Waals surface area contributed by atoms with E-state index in [2.05, 4.69) is 64.5 Å². The second kappa shape index (κ2) is 6.65. The number of rotatable bonds is 5. The molecule has 0 bridgehead atoms. The maximum absolute atomic E-state index is 5.30. The zero-order chi connectivity index (χ0) is 18.1. The van der Waals surface area contributed by atoms with Crippen molar-refractivity contribution in [2.24, 2.45) is 0 Å². The summed E-state index contributed by atoms with van der Waals surface area (Å²) < 4.78 is 10.3. The maximum Gasteiger partial charge on any atom is 0.118 e. The predicted molar refractivity (Wildman–Crippen MR) is 110 cm³/mol. The molecule has 0 heterocycles. The largest absolute Gasteiger partial charge is 0.497 e. The summed E-state index contributed by atoms with van der Waals surface area (Å²) in [5.74, 6) is 1.72. The van der Waals surface area contributed by atoms with Gasteiger partial charge in [0.25, 0.3) is 0 Å². The van der Waals surface area contributed by atoms with Crippen molar-refractivity contribution in [2.75, 3.05) is 14.2 Å². The smallest absolute Gasteiger partial charge is 0.118 e. The van der Waals surface area contributed by atoms with E-state index in [1.807, 2.05) is 30.3 Å². The van der Waals surface area contributed by atoms with E-state index < -0.39 is 0 Å². The van der Waals surface area contributed by atoms with Gasteiger partial charge in [0.15, 0.2) is 0 Å². The summed E-state index contributed by atoms with van der Waals surface area (Å²) in [6.07, 6.45) is 0. The molecular formula is C23H19BrO2. The fourth-order valence-corrected chi connectivity index (χ4v) is 4.44. The third-order valence-electron chi connectivity index (χ3n) is 4.81. The van der Waals surface area contributed by atoms with E-state index in [0.29, 0.717) is 0 Å². The van der Waals surface area contributed by atoms with Crippen LogP contribution in [0.3, 0.4) is 0 Å². The molecule has 3 heteroatoms. The number of hydrogen-bond donors (Lipinski definition) is 0. The van der Waals surface area contributed by atoms with E-state index in [-0.39, 0.29) is 4.32 Å². The van der Waals surface area contributed by atoms with Crippen molar-refractivity contribution < 1.29 is 9.47 Å². The fraction of sp³-hybridized carbons (Fsp3) is 0.130. The van der Waals surface area contributed by atoms with E-state index in [0.717, 1.165) is 11.5 Å². The molecule has 0 unspecified atom stereocenters. The molecular weight excluding hydrogens is 388 g/mol. The molecule has 0 saturated heterocycles. The molecule has 3 aromatic rings. The Labute approximate surface area is 162 Å². The molecule has 0 amide bonds. The Morgan fingerprint density at radius 3 is 1.42 bits per heavy atom. The lowest BCUT2D eigenvalue weighted by Gasteiger charge is -2.14. The van der Waals surface area contributed by atoms with Gasteiger partial charge in [0.2, 0.25) is 0 Å². The summed E-state index contributed by atoms with van der Waals surface area (Å²) in [5, 5.41) is 0. The normalized spacial score (nSPS) is 14.9. The van der Waals surface area contributed by atoms with Crippen LogP contribution in [0.4, 0.5) is 0 Å². The van der Waals surface area contributed by atoms with E-state index >= 15 is 0 Å². The number of ether oxygens (including phenoxy) is 2. The Bertz CT molecular complexity index is 884. The zero-order valence-electron chi connectivity index (χ0n) is 14.7. The van der Waals surface area contributed by atoms with Crippen LogP contribution in [0.5, 0.6) is 11.5 Å². The van der Waals surface area contributed by atoms with Gasteiger partial charge in [0, 0.05) is 0 Å². The lowest BCUT2D eigenvalue weighted by Crippen LogP contribution is -2.03. The maximum atomic E-state index is 5.30. The minimum absolute atomic E-state index is 0.266. The SMILES string of the molecule is COc1ccc(C2=C(c3ccc(OC)cc3)C2(Br)c2ccccc2)cc1. The molecule has 4 rings (SSSR count). The highest BCUT2D eigenvalue weighted by molar-refractivity contribution is 9.10. The third kappa shape index (κ3) is 2.73. The van der Waals surface area contributed by atoms with Crippen LogP contribution < -0.4 is 9.47 Å². The van der Waals surface area contributed by atoms with Crippen LogP contribution >= 0.6 is 15.9 Å². The summed E-state index contributed by atoms with van der Waals surface area (Å²) in [5.41, 5.74) is 6.19. The van der Waals surface area contributed by atoms with Crippen molar-refractivity contribution in [3.05, 3.63) is 95.6 Å². The average molecular weight is 407 g/mol. The van der Waals surface area contributed by atoms with Gasteiger partial charge in [-0.25, -0.2) is 0 Å². The summed E-state index contributed by atoms with van der Waals surface area (Å²) in [7, 11) is 3.37. The van der Waals surface area contributed by atoms with Crippen LogP contribution in [-0.4, -0.2) is 14.2 Å². The molecule has 1 aliphatic rings. The Balaban J connectivity index is 1.81. The zero-order valence-corrected chi connectivity index (χ0v) is 16.3. The van der Waals surface area contributed by atoms with Crippen LogP contribution in [0.2, 0.25) is 0 Å². The monoisotopic (exact) mass is 406 g/mol. The number of hydrogen-bond acceptors (Lipinski definition) is 2. The van der Waals surface area contributed by atoms with E-state index in [1.54, 1.807) is 14.2 Å². The number of alkyl halides is 1. The molecule has 0 radical (unpaired) electrons. The van der Waals surface area contributed by atoms with Crippen molar-refractivity contribution >= 4 is 27.1 Å². The van der Waals surface area contributed by atoms with Crippen LogP contribution in [-0.2, 0) is 4.32 Å². The molecule has 26 heavy (non-hydrogen) atoms. The minimum Gasteiger partial charge on any atom is -0.497 e. The van der Waals surface area contributed by atoms with Gasteiger partial charge in [0.05, 0.1) is 14.2 Å². The van der Waals surface area contributed by atoms with Gasteiger partial charge in [0.1, 0.15) is 15.8 Å². The van der Waals surface area contributed by atoms with Crippen molar-refractivity contribution in [1.29, 1.82) is 0 Å². The highest BCUT2D eigenvalue weighted by Crippen LogP contribution is 2.68. The molecule has 130 valence electrons. The Morgan fingerprint density at radius 2 is 1.04 bits per heavy atom. The molecule has 3 aromatic carbocycles. The first-order chi connectivity index (χ1) is 12.7. The van der Waals surface area contributed by atoms with Crippen molar-refractivity contribution in [2.45, 2.75) is 4.32 Å². The van der Waals surface area contributed by atoms with Crippen molar-refractivity contribution in [3.8, 4) is 11.5 Å². The summed E-state index contributed by atoms with van der Waals surface area (Å²) in [6.45, 7) is 0. The van der Waals surface area contributed by atoms with Crippen molar-refractivity contribution in [3.63, 3.8) is 0 Å². The van der Waals surface area contributed by atoms with Gasteiger partial charge in [-0.2, -0.15) is 0 Å². The van der Waals surface area contributed by atoms with Gasteiger partial charge >= 0.3 is 0 Å². The van der Waals surface area contributed by atoms with E-state index in [4.69, 9.17) is 9.47 Å². The second-order valence-corrected chi connectivity index (χ2v) is 7.42. The standard InChI is InChI=1S/C23H19BrO2/c1-25-19-12-8-16(9-13-19)21-22(17-10-14-20(26-2)15-11-17)23(21,24)18-6-4-3-5-7-18/h3-15H,1-2H3. The summed E-state index contributed by atoms with van der Waals surface area (Å²) in [4.78, 5) is 0. The fourth-order valence-electron chi connectivity index (χ4n) is 3.42.